The predicted molar refractivity (Wildman–Crippen MR) is 80.6 cm³/mol. The molecule has 1 atom stereocenters. The van der Waals surface area contributed by atoms with E-state index in [1.807, 2.05) is 45.0 Å². The molecule has 2 nitrogen and oxygen atoms in total. The maximum Gasteiger partial charge on any atom is 0.159 e. The summed E-state index contributed by atoms with van der Waals surface area (Å²) in [6.45, 7) is 5.83. The van der Waals surface area contributed by atoms with E-state index in [-0.39, 0.29) is 12.1 Å². The van der Waals surface area contributed by atoms with E-state index < -0.39 is 11.6 Å². The summed E-state index contributed by atoms with van der Waals surface area (Å²) in [4.78, 5) is 0. The quantitative estimate of drug-likeness (QED) is 0.843. The van der Waals surface area contributed by atoms with Crippen molar-refractivity contribution in [1.29, 1.82) is 0 Å². The van der Waals surface area contributed by atoms with Crippen LogP contribution in [0.15, 0.2) is 42.5 Å². The van der Waals surface area contributed by atoms with Gasteiger partial charge in [-0.25, -0.2) is 8.78 Å². The first-order valence-corrected chi connectivity index (χ1v) is 6.94. The topological polar surface area (TPSA) is 21.3 Å². The van der Waals surface area contributed by atoms with Crippen LogP contribution >= 0.6 is 0 Å². The molecule has 0 aromatic heterocycles. The molecule has 2 rings (SSSR count). The van der Waals surface area contributed by atoms with Gasteiger partial charge in [0.15, 0.2) is 11.6 Å². The molecule has 2 aromatic carbocycles. The van der Waals surface area contributed by atoms with Crippen molar-refractivity contribution in [2.45, 2.75) is 32.9 Å². The van der Waals surface area contributed by atoms with Gasteiger partial charge in [-0.3, -0.25) is 0 Å². The fourth-order valence-corrected chi connectivity index (χ4v) is 2.02. The van der Waals surface area contributed by atoms with E-state index >= 15 is 0 Å². The van der Waals surface area contributed by atoms with Crippen LogP contribution in [0.2, 0.25) is 0 Å². The second-order valence-electron chi connectivity index (χ2n) is 5.23. The molecule has 0 saturated heterocycles. The van der Waals surface area contributed by atoms with Crippen LogP contribution in [0.4, 0.5) is 14.5 Å². The zero-order valence-electron chi connectivity index (χ0n) is 12.4. The highest BCUT2D eigenvalue weighted by atomic mass is 19.2. The molecule has 0 amide bonds. The normalized spacial score (nSPS) is 12.3. The molecule has 0 aliphatic heterocycles. The number of anilines is 1. The lowest BCUT2D eigenvalue weighted by atomic mass is 10.1. The molecule has 0 saturated carbocycles. The third-order valence-corrected chi connectivity index (χ3v) is 3.05. The number of ether oxygens (including phenoxy) is 1. The van der Waals surface area contributed by atoms with Crippen molar-refractivity contribution in [1.82, 2.24) is 0 Å². The summed E-state index contributed by atoms with van der Waals surface area (Å²) < 4.78 is 31.7. The number of hydrogen-bond donors (Lipinski definition) is 1. The van der Waals surface area contributed by atoms with Crippen LogP contribution in [0.5, 0.6) is 5.75 Å². The molecule has 0 fully saturated rings. The van der Waals surface area contributed by atoms with Crippen molar-refractivity contribution in [2.24, 2.45) is 0 Å². The third-order valence-electron chi connectivity index (χ3n) is 3.05. The zero-order chi connectivity index (χ0) is 15.4. The molecule has 1 N–H and O–H groups in total. The maximum absolute atomic E-state index is 13.2. The van der Waals surface area contributed by atoms with Gasteiger partial charge in [0.2, 0.25) is 0 Å². The van der Waals surface area contributed by atoms with Crippen molar-refractivity contribution in [3.63, 3.8) is 0 Å². The molecule has 0 aliphatic rings. The largest absolute Gasteiger partial charge is 0.491 e. The Morgan fingerprint density at radius 1 is 0.905 bits per heavy atom. The van der Waals surface area contributed by atoms with Crippen molar-refractivity contribution in [3.05, 3.63) is 59.7 Å². The monoisotopic (exact) mass is 291 g/mol. The van der Waals surface area contributed by atoms with Crippen molar-refractivity contribution in [3.8, 4) is 5.75 Å². The third kappa shape index (κ3) is 4.18. The van der Waals surface area contributed by atoms with Crippen molar-refractivity contribution >= 4 is 5.69 Å². The van der Waals surface area contributed by atoms with Gasteiger partial charge in [0, 0.05) is 11.7 Å². The summed E-state index contributed by atoms with van der Waals surface area (Å²) >= 11 is 0. The maximum atomic E-state index is 13.2. The molecule has 0 aliphatic carbocycles. The lowest BCUT2D eigenvalue weighted by Crippen LogP contribution is -2.08. The first kappa shape index (κ1) is 15.3. The Kier molecular flexibility index (Phi) is 4.78. The van der Waals surface area contributed by atoms with Gasteiger partial charge >= 0.3 is 0 Å². The van der Waals surface area contributed by atoms with Gasteiger partial charge in [0.1, 0.15) is 5.75 Å². The van der Waals surface area contributed by atoms with Crippen LogP contribution < -0.4 is 10.1 Å². The van der Waals surface area contributed by atoms with Crippen molar-refractivity contribution in [2.75, 3.05) is 5.32 Å². The van der Waals surface area contributed by atoms with Gasteiger partial charge in [-0.1, -0.05) is 6.07 Å². The smallest absolute Gasteiger partial charge is 0.159 e. The summed E-state index contributed by atoms with van der Waals surface area (Å²) in [6.07, 6.45) is 0.130. The zero-order valence-corrected chi connectivity index (χ0v) is 12.4. The van der Waals surface area contributed by atoms with Gasteiger partial charge in [-0.15, -0.1) is 0 Å². The van der Waals surface area contributed by atoms with E-state index in [2.05, 4.69) is 5.32 Å². The highest BCUT2D eigenvalue weighted by molar-refractivity contribution is 5.48. The molecular formula is C17H19F2NO. The highest BCUT2D eigenvalue weighted by Crippen LogP contribution is 2.23. The van der Waals surface area contributed by atoms with E-state index in [9.17, 15) is 8.78 Å². The fourth-order valence-electron chi connectivity index (χ4n) is 2.02. The summed E-state index contributed by atoms with van der Waals surface area (Å²) in [7, 11) is 0. The van der Waals surface area contributed by atoms with Gasteiger partial charge < -0.3 is 10.1 Å². The van der Waals surface area contributed by atoms with Gasteiger partial charge in [0.25, 0.3) is 0 Å². The van der Waals surface area contributed by atoms with E-state index in [0.29, 0.717) is 5.56 Å². The molecule has 0 spiro atoms. The Morgan fingerprint density at radius 2 is 1.57 bits per heavy atom. The molecule has 0 bridgehead atoms. The number of hydrogen-bond acceptors (Lipinski definition) is 2. The second kappa shape index (κ2) is 6.57. The van der Waals surface area contributed by atoms with Crippen LogP contribution in [0.3, 0.4) is 0 Å². The molecule has 0 radical (unpaired) electrons. The Labute approximate surface area is 123 Å². The number of halogens is 2. The Hall–Kier alpha value is -2.10. The highest BCUT2D eigenvalue weighted by Gasteiger charge is 2.09. The fraction of sp³-hybridized carbons (Fsp3) is 0.294. The minimum atomic E-state index is -0.832. The van der Waals surface area contributed by atoms with E-state index in [1.165, 1.54) is 6.07 Å². The van der Waals surface area contributed by atoms with Gasteiger partial charge in [-0.05, 0) is 62.7 Å². The summed E-state index contributed by atoms with van der Waals surface area (Å²) in [5, 5.41) is 3.24. The molecule has 21 heavy (non-hydrogen) atoms. The summed E-state index contributed by atoms with van der Waals surface area (Å²) in [5.41, 5.74) is 1.58. The van der Waals surface area contributed by atoms with E-state index in [0.717, 1.165) is 17.5 Å². The van der Waals surface area contributed by atoms with Gasteiger partial charge in [-0.2, -0.15) is 0 Å². The summed E-state index contributed by atoms with van der Waals surface area (Å²) in [6, 6.07) is 11.3. The van der Waals surface area contributed by atoms with Crippen LogP contribution in [0, 0.1) is 11.6 Å². The van der Waals surface area contributed by atoms with Gasteiger partial charge in [0.05, 0.1) is 6.10 Å². The Balaban J connectivity index is 2.04. The molecular weight excluding hydrogens is 272 g/mol. The van der Waals surface area contributed by atoms with E-state index in [1.54, 1.807) is 6.07 Å². The van der Waals surface area contributed by atoms with Crippen LogP contribution in [0.1, 0.15) is 32.4 Å². The average molecular weight is 291 g/mol. The molecule has 2 aromatic rings. The number of rotatable bonds is 5. The SMILES string of the molecule is CC(C)Oc1ccc(NC(C)c2ccc(F)c(F)c2)cc1. The average Bonchev–Trinajstić information content (AvgIpc) is 2.43. The molecule has 0 heterocycles. The first-order valence-electron chi connectivity index (χ1n) is 6.94. The van der Waals surface area contributed by atoms with Crippen LogP contribution in [0.25, 0.3) is 0 Å². The molecule has 1 unspecified atom stereocenters. The summed E-state index contributed by atoms with van der Waals surface area (Å²) in [5.74, 6) is -0.862. The standard InChI is InChI=1S/C17H19F2NO/c1-11(2)21-15-7-5-14(6-8-15)20-12(3)13-4-9-16(18)17(19)10-13/h4-12,20H,1-3H3. The lowest BCUT2D eigenvalue weighted by molar-refractivity contribution is 0.242. The predicted octanol–water partition coefficient (Wildman–Crippen LogP) is 4.93. The van der Waals surface area contributed by atoms with E-state index in [4.69, 9.17) is 4.74 Å². The second-order valence-corrected chi connectivity index (χ2v) is 5.23. The minimum Gasteiger partial charge on any atom is -0.491 e. The van der Waals surface area contributed by atoms with Crippen molar-refractivity contribution < 1.29 is 13.5 Å². The van der Waals surface area contributed by atoms with Crippen LogP contribution in [-0.2, 0) is 0 Å². The lowest BCUT2D eigenvalue weighted by Gasteiger charge is -2.17. The Bertz CT molecular complexity index is 596. The molecule has 4 heteroatoms. The molecule has 112 valence electrons. The Morgan fingerprint density at radius 3 is 2.14 bits per heavy atom. The minimum absolute atomic E-state index is 0.128. The van der Waals surface area contributed by atoms with Crippen LogP contribution in [-0.4, -0.2) is 6.10 Å². The first-order chi connectivity index (χ1) is 9.95. The number of benzene rings is 2. The number of nitrogens with one attached hydrogen (secondary N) is 1.